The second-order valence-electron chi connectivity index (χ2n) is 10.1. The Bertz CT molecular complexity index is 1060. The number of H-pyrrole nitrogens is 1. The van der Waals surface area contributed by atoms with E-state index in [1.165, 1.54) is 22.9 Å². The average Bonchev–Trinajstić information content (AvgIpc) is 3.21. The van der Waals surface area contributed by atoms with Gasteiger partial charge in [-0.1, -0.05) is 88.0 Å². The minimum atomic E-state index is -1.02. The van der Waals surface area contributed by atoms with E-state index in [1.54, 1.807) is 6.92 Å². The Kier molecular flexibility index (Phi) is 7.20. The normalized spacial score (nSPS) is 20.7. The number of ether oxygens (including phenoxy) is 1. The number of thioether (sulfide) groups is 1. The van der Waals surface area contributed by atoms with E-state index in [-0.39, 0.29) is 18.5 Å². The summed E-state index contributed by atoms with van der Waals surface area (Å²) in [5, 5.41) is 11.1. The van der Waals surface area contributed by atoms with Gasteiger partial charge in [0.1, 0.15) is 6.10 Å². The second-order valence-corrected chi connectivity index (χ2v) is 11.1. The first kappa shape index (κ1) is 24.6. The fourth-order valence-electron chi connectivity index (χ4n) is 4.31. The number of esters is 1. The van der Waals surface area contributed by atoms with Gasteiger partial charge in [0.25, 0.3) is 0 Å². The largest absolute Gasteiger partial charge is 0.461 e. The molecule has 0 bridgehead atoms. The molecule has 1 aromatic heterocycles. The van der Waals surface area contributed by atoms with E-state index in [0.717, 1.165) is 27.7 Å². The Morgan fingerprint density at radius 1 is 1.03 bits per heavy atom. The molecule has 0 saturated carbocycles. The average molecular weight is 479 g/mol. The van der Waals surface area contributed by atoms with E-state index in [1.807, 2.05) is 0 Å². The molecule has 4 rings (SSSR count). The molecule has 180 valence electrons. The molecule has 0 aliphatic carbocycles. The Balaban J connectivity index is 1.63. The molecule has 1 fully saturated rings. The van der Waals surface area contributed by atoms with Crippen molar-refractivity contribution in [2.75, 3.05) is 5.75 Å². The summed E-state index contributed by atoms with van der Waals surface area (Å²) in [6.45, 7) is 10.5. The number of cyclic esters (lactones) is 1. The number of aromatic nitrogens is 2. The van der Waals surface area contributed by atoms with E-state index >= 15 is 0 Å². The summed E-state index contributed by atoms with van der Waals surface area (Å²) in [6, 6.07) is 17.2. The van der Waals surface area contributed by atoms with Crippen molar-refractivity contribution in [3.8, 4) is 22.5 Å². The fourth-order valence-corrected chi connectivity index (χ4v) is 5.17. The first-order valence-electron chi connectivity index (χ1n) is 12.0. The highest BCUT2D eigenvalue weighted by molar-refractivity contribution is 7.99. The molecule has 34 heavy (non-hydrogen) atoms. The summed E-state index contributed by atoms with van der Waals surface area (Å²) in [4.78, 5) is 20.3. The summed E-state index contributed by atoms with van der Waals surface area (Å²) in [7, 11) is 0. The third kappa shape index (κ3) is 5.73. The third-order valence-corrected chi connectivity index (χ3v) is 7.30. The van der Waals surface area contributed by atoms with Crippen molar-refractivity contribution in [3.63, 3.8) is 0 Å². The lowest BCUT2D eigenvalue weighted by molar-refractivity contribution is -0.165. The standard InChI is InChI=1S/C28H34N2O3S/c1-17(2)19-6-10-21(11-7-19)25-26(22-12-8-20(9-13-22)18(3)4)30-27(29-25)34-16-23-14-28(5,32)15-24(31)33-23/h6-13,17-18,23,32H,14-16H2,1-5H3,(H,29,30)/t23-,28-/m1/s1. The molecule has 6 heteroatoms. The smallest absolute Gasteiger partial charge is 0.309 e. The Morgan fingerprint density at radius 2 is 1.59 bits per heavy atom. The van der Waals surface area contributed by atoms with E-state index in [2.05, 4.69) is 81.2 Å². The van der Waals surface area contributed by atoms with Gasteiger partial charge in [-0.2, -0.15) is 0 Å². The lowest BCUT2D eigenvalue weighted by atomic mass is 9.93. The molecule has 3 aromatic rings. The van der Waals surface area contributed by atoms with Gasteiger partial charge in [-0.3, -0.25) is 4.79 Å². The van der Waals surface area contributed by atoms with Gasteiger partial charge in [0.05, 0.1) is 23.4 Å². The summed E-state index contributed by atoms with van der Waals surface area (Å²) in [5.41, 5.74) is 5.59. The van der Waals surface area contributed by atoms with Crippen LogP contribution in [0.5, 0.6) is 0 Å². The maximum atomic E-state index is 11.9. The fraction of sp³-hybridized carbons (Fsp3) is 0.429. The van der Waals surface area contributed by atoms with E-state index < -0.39 is 5.60 Å². The molecular formula is C28H34N2O3S. The lowest BCUT2D eigenvalue weighted by Crippen LogP contribution is -2.41. The summed E-state index contributed by atoms with van der Waals surface area (Å²) >= 11 is 1.52. The minimum absolute atomic E-state index is 0.0436. The van der Waals surface area contributed by atoms with E-state index in [0.29, 0.717) is 24.0 Å². The highest BCUT2D eigenvalue weighted by atomic mass is 32.2. The number of carbonyl (C=O) groups is 1. The first-order chi connectivity index (χ1) is 16.1. The van der Waals surface area contributed by atoms with Crippen molar-refractivity contribution in [1.29, 1.82) is 0 Å². The van der Waals surface area contributed by atoms with Crippen LogP contribution in [0, 0.1) is 0 Å². The van der Waals surface area contributed by atoms with Crippen molar-refractivity contribution in [2.24, 2.45) is 0 Å². The zero-order valence-corrected chi connectivity index (χ0v) is 21.4. The van der Waals surface area contributed by atoms with Crippen molar-refractivity contribution in [3.05, 3.63) is 59.7 Å². The van der Waals surface area contributed by atoms with Crippen LogP contribution in [-0.4, -0.2) is 38.5 Å². The van der Waals surface area contributed by atoms with Crippen LogP contribution in [0.25, 0.3) is 22.5 Å². The number of hydrogen-bond donors (Lipinski definition) is 2. The van der Waals surface area contributed by atoms with Crippen LogP contribution in [0.2, 0.25) is 0 Å². The predicted octanol–water partition coefficient (Wildman–Crippen LogP) is 6.54. The molecule has 2 heterocycles. The minimum Gasteiger partial charge on any atom is -0.461 e. The third-order valence-electron chi connectivity index (χ3n) is 6.30. The molecule has 0 spiro atoms. The first-order valence-corrected chi connectivity index (χ1v) is 12.9. The summed E-state index contributed by atoms with van der Waals surface area (Å²) in [5.74, 6) is 1.13. The number of aromatic amines is 1. The van der Waals surface area contributed by atoms with Crippen LogP contribution in [-0.2, 0) is 9.53 Å². The van der Waals surface area contributed by atoms with Crippen molar-refractivity contribution >= 4 is 17.7 Å². The molecule has 0 radical (unpaired) electrons. The Hall–Kier alpha value is -2.57. The zero-order valence-electron chi connectivity index (χ0n) is 20.6. The molecule has 1 aliphatic heterocycles. The van der Waals surface area contributed by atoms with Gasteiger partial charge in [0.15, 0.2) is 5.16 Å². The van der Waals surface area contributed by atoms with Gasteiger partial charge < -0.3 is 14.8 Å². The molecule has 2 aromatic carbocycles. The van der Waals surface area contributed by atoms with Crippen LogP contribution >= 0.6 is 11.8 Å². The van der Waals surface area contributed by atoms with Crippen LogP contribution in [0.1, 0.15) is 70.4 Å². The molecule has 5 nitrogen and oxygen atoms in total. The maximum Gasteiger partial charge on any atom is 0.309 e. The quantitative estimate of drug-likeness (QED) is 0.298. The molecule has 2 atom stereocenters. The van der Waals surface area contributed by atoms with E-state index in [9.17, 15) is 9.90 Å². The number of imidazole rings is 1. The zero-order chi connectivity index (χ0) is 24.5. The topological polar surface area (TPSA) is 75.2 Å². The van der Waals surface area contributed by atoms with E-state index in [4.69, 9.17) is 9.72 Å². The molecule has 0 amide bonds. The Morgan fingerprint density at radius 3 is 2.12 bits per heavy atom. The monoisotopic (exact) mass is 478 g/mol. The van der Waals surface area contributed by atoms with Gasteiger partial charge in [0, 0.05) is 23.3 Å². The van der Waals surface area contributed by atoms with Gasteiger partial charge in [-0.25, -0.2) is 4.98 Å². The number of carbonyl (C=O) groups excluding carboxylic acids is 1. The second kappa shape index (κ2) is 9.96. The SMILES string of the molecule is CC(C)c1ccc(-c2nc(SC[C@H]3C[C@@](C)(O)CC(=O)O3)[nH]c2-c2ccc(C(C)C)cc2)cc1. The number of hydrogen-bond acceptors (Lipinski definition) is 5. The molecular weight excluding hydrogens is 444 g/mol. The molecule has 0 unspecified atom stereocenters. The van der Waals surface area contributed by atoms with Crippen LogP contribution in [0.3, 0.4) is 0 Å². The summed E-state index contributed by atoms with van der Waals surface area (Å²) in [6.07, 6.45) is 0.135. The Labute approximate surface area is 206 Å². The van der Waals surface area contributed by atoms with Crippen molar-refractivity contribution in [1.82, 2.24) is 9.97 Å². The highest BCUT2D eigenvalue weighted by Crippen LogP contribution is 2.35. The molecule has 1 aliphatic rings. The number of nitrogens with zero attached hydrogens (tertiary/aromatic N) is 1. The number of aliphatic hydroxyl groups is 1. The highest BCUT2D eigenvalue weighted by Gasteiger charge is 2.36. The van der Waals surface area contributed by atoms with Gasteiger partial charge >= 0.3 is 5.97 Å². The number of nitrogens with one attached hydrogen (secondary N) is 1. The maximum absolute atomic E-state index is 11.9. The number of benzene rings is 2. The molecule has 2 N–H and O–H groups in total. The van der Waals surface area contributed by atoms with Crippen LogP contribution in [0.15, 0.2) is 53.7 Å². The van der Waals surface area contributed by atoms with Crippen molar-refractivity contribution in [2.45, 2.75) is 76.2 Å². The predicted molar refractivity (Wildman–Crippen MR) is 138 cm³/mol. The van der Waals surface area contributed by atoms with Crippen LogP contribution in [0.4, 0.5) is 0 Å². The number of rotatable bonds is 7. The van der Waals surface area contributed by atoms with Crippen LogP contribution < -0.4 is 0 Å². The van der Waals surface area contributed by atoms with Crippen molar-refractivity contribution < 1.29 is 14.6 Å². The van der Waals surface area contributed by atoms with Gasteiger partial charge in [0.2, 0.25) is 0 Å². The van der Waals surface area contributed by atoms with Gasteiger partial charge in [-0.05, 0) is 29.9 Å². The van der Waals surface area contributed by atoms with Gasteiger partial charge in [-0.15, -0.1) is 0 Å². The summed E-state index contributed by atoms with van der Waals surface area (Å²) < 4.78 is 5.46. The molecule has 1 saturated heterocycles. The lowest BCUT2D eigenvalue weighted by Gasteiger charge is -2.32.